The van der Waals surface area contributed by atoms with Crippen LogP contribution in [-0.2, 0) is 6.54 Å². The second kappa shape index (κ2) is 10.9. The lowest BCUT2D eigenvalue weighted by Gasteiger charge is -2.20. The molecule has 0 saturated heterocycles. The van der Waals surface area contributed by atoms with E-state index in [9.17, 15) is 0 Å². The van der Waals surface area contributed by atoms with Gasteiger partial charge in [0.1, 0.15) is 5.75 Å². The van der Waals surface area contributed by atoms with Gasteiger partial charge >= 0.3 is 0 Å². The molecule has 0 spiro atoms. The zero-order chi connectivity index (χ0) is 20.3. The second-order valence-electron chi connectivity index (χ2n) is 6.79. The number of hydrogen-bond donors (Lipinski definition) is 3. The molecule has 5 heteroatoms. The zero-order valence-electron chi connectivity index (χ0n) is 16.5. The minimum absolute atomic E-state index is 0.117. The molecule has 0 unspecified atom stereocenters. The third-order valence-corrected chi connectivity index (χ3v) is 4.57. The van der Waals surface area contributed by atoms with E-state index in [1.807, 2.05) is 24.3 Å². The molecule has 0 bridgehead atoms. The lowest BCUT2D eigenvalue weighted by molar-refractivity contribution is 0.313. The normalized spacial score (nSPS) is 10.7. The molecule has 3 aromatic rings. The van der Waals surface area contributed by atoms with E-state index in [0.717, 1.165) is 18.7 Å². The van der Waals surface area contributed by atoms with Gasteiger partial charge in [-0.05, 0) is 28.8 Å². The lowest BCUT2D eigenvalue weighted by atomic mass is 9.98. The van der Waals surface area contributed by atoms with E-state index in [1.165, 1.54) is 16.7 Å². The highest BCUT2D eigenvalue weighted by Gasteiger charge is 2.12. The summed E-state index contributed by atoms with van der Waals surface area (Å²) < 4.78 is 5.74. The molecule has 0 atom stereocenters. The Balaban J connectivity index is 1.56. The van der Waals surface area contributed by atoms with Crippen molar-refractivity contribution in [3.05, 3.63) is 102 Å². The van der Waals surface area contributed by atoms with Gasteiger partial charge in [0, 0.05) is 19.5 Å². The molecule has 29 heavy (non-hydrogen) atoms. The minimum atomic E-state index is 0.117. The summed E-state index contributed by atoms with van der Waals surface area (Å²) in [5, 5.41) is 3.68. The Labute approximate surface area is 172 Å². The molecular formula is C24H28N4O. The van der Waals surface area contributed by atoms with Gasteiger partial charge in [0.15, 0.2) is 5.96 Å². The topological polar surface area (TPSA) is 85.7 Å². The predicted molar refractivity (Wildman–Crippen MR) is 119 cm³/mol. The maximum absolute atomic E-state index is 5.74. The molecule has 3 aromatic carbocycles. The van der Waals surface area contributed by atoms with Gasteiger partial charge in [0.25, 0.3) is 0 Å². The molecule has 0 radical (unpaired) electrons. The van der Waals surface area contributed by atoms with E-state index in [-0.39, 0.29) is 12.0 Å². The molecule has 5 nitrogen and oxygen atoms in total. The molecule has 0 saturated carbocycles. The first-order valence-corrected chi connectivity index (χ1v) is 9.83. The van der Waals surface area contributed by atoms with Crippen molar-refractivity contribution in [2.45, 2.75) is 19.0 Å². The van der Waals surface area contributed by atoms with E-state index in [0.29, 0.717) is 13.2 Å². The van der Waals surface area contributed by atoms with Crippen molar-refractivity contribution in [1.29, 1.82) is 0 Å². The maximum Gasteiger partial charge on any atom is 0.185 e. The van der Waals surface area contributed by atoms with Crippen LogP contribution >= 0.6 is 0 Å². The lowest BCUT2D eigenvalue weighted by Crippen LogP contribution is -2.23. The van der Waals surface area contributed by atoms with Gasteiger partial charge in [0.2, 0.25) is 0 Å². The van der Waals surface area contributed by atoms with E-state index in [2.05, 4.69) is 71.0 Å². The summed E-state index contributed by atoms with van der Waals surface area (Å²) in [5.41, 5.74) is 14.3. The first kappa shape index (κ1) is 20.4. The average molecular weight is 389 g/mol. The molecule has 0 fully saturated rings. The van der Waals surface area contributed by atoms with E-state index >= 15 is 0 Å². The van der Waals surface area contributed by atoms with Gasteiger partial charge in [-0.3, -0.25) is 4.99 Å². The Morgan fingerprint density at radius 2 is 1.41 bits per heavy atom. The van der Waals surface area contributed by atoms with Crippen LogP contribution in [0.2, 0.25) is 0 Å². The molecule has 0 heterocycles. The first-order valence-electron chi connectivity index (χ1n) is 9.83. The first-order chi connectivity index (χ1) is 14.2. The summed E-state index contributed by atoms with van der Waals surface area (Å²) in [6.07, 6.45) is 0.775. The Kier molecular flexibility index (Phi) is 7.66. The fraction of sp³-hybridized carbons (Fsp3) is 0.208. The van der Waals surface area contributed by atoms with Crippen LogP contribution in [0, 0.1) is 0 Å². The van der Waals surface area contributed by atoms with Crippen molar-refractivity contribution in [3.8, 4) is 5.75 Å². The molecule has 5 N–H and O–H groups in total. The summed E-state index contributed by atoms with van der Waals surface area (Å²) >= 11 is 0. The van der Waals surface area contributed by atoms with Crippen LogP contribution in [0.15, 0.2) is 89.9 Å². The minimum Gasteiger partial charge on any atom is -0.494 e. The number of nitrogens with zero attached hydrogens (tertiary/aromatic N) is 1. The number of aliphatic imine (C=N–C) groups is 1. The zero-order valence-corrected chi connectivity index (χ0v) is 16.5. The van der Waals surface area contributed by atoms with Crippen LogP contribution in [-0.4, -0.2) is 19.1 Å². The summed E-state index contributed by atoms with van der Waals surface area (Å²) in [6, 6.07) is 29.3. The van der Waals surface area contributed by atoms with E-state index in [1.54, 1.807) is 0 Å². The Morgan fingerprint density at radius 1 is 0.828 bits per heavy atom. The van der Waals surface area contributed by atoms with Crippen molar-refractivity contribution in [2.24, 2.45) is 16.5 Å². The van der Waals surface area contributed by atoms with Crippen LogP contribution < -0.4 is 21.5 Å². The van der Waals surface area contributed by atoms with E-state index in [4.69, 9.17) is 16.2 Å². The van der Waals surface area contributed by atoms with Crippen molar-refractivity contribution in [3.63, 3.8) is 0 Å². The van der Waals surface area contributed by atoms with Gasteiger partial charge in [0.05, 0.1) is 12.6 Å². The number of rotatable bonds is 10. The van der Waals surface area contributed by atoms with Crippen molar-refractivity contribution in [2.75, 3.05) is 13.2 Å². The summed E-state index contributed by atoms with van der Waals surface area (Å²) in [6.45, 7) is 1.92. The van der Waals surface area contributed by atoms with Crippen LogP contribution in [0.5, 0.6) is 5.75 Å². The molecule has 0 aliphatic carbocycles. The SMILES string of the molecule is NC(N)=NCCCOc1ccc(CNC(c2ccccc2)c2ccccc2)cc1. The molecule has 150 valence electrons. The molecular weight excluding hydrogens is 360 g/mol. The maximum atomic E-state index is 5.74. The Morgan fingerprint density at radius 3 is 1.97 bits per heavy atom. The predicted octanol–water partition coefficient (Wildman–Crippen LogP) is 3.61. The van der Waals surface area contributed by atoms with Crippen LogP contribution in [0.25, 0.3) is 0 Å². The number of hydrogen-bond acceptors (Lipinski definition) is 3. The number of nitrogens with one attached hydrogen (secondary N) is 1. The molecule has 3 rings (SSSR count). The van der Waals surface area contributed by atoms with Crippen molar-refractivity contribution >= 4 is 5.96 Å². The highest BCUT2D eigenvalue weighted by Crippen LogP contribution is 2.22. The molecule has 0 aliphatic heterocycles. The highest BCUT2D eigenvalue weighted by atomic mass is 16.5. The van der Waals surface area contributed by atoms with Crippen LogP contribution in [0.4, 0.5) is 0 Å². The number of ether oxygens (including phenoxy) is 1. The van der Waals surface area contributed by atoms with Crippen LogP contribution in [0.3, 0.4) is 0 Å². The second-order valence-corrected chi connectivity index (χ2v) is 6.79. The molecule has 0 aromatic heterocycles. The van der Waals surface area contributed by atoms with Crippen molar-refractivity contribution < 1.29 is 4.74 Å². The summed E-state index contributed by atoms with van der Waals surface area (Å²) in [4.78, 5) is 3.94. The largest absolute Gasteiger partial charge is 0.494 e. The number of benzene rings is 3. The highest BCUT2D eigenvalue weighted by molar-refractivity contribution is 5.75. The Bertz CT molecular complexity index is 836. The van der Waals surface area contributed by atoms with Gasteiger partial charge in [-0.15, -0.1) is 0 Å². The third-order valence-electron chi connectivity index (χ3n) is 4.57. The standard InChI is InChI=1S/C24H28N4O/c25-24(26)27-16-7-17-29-22-14-12-19(13-15-22)18-28-23(20-8-3-1-4-9-20)21-10-5-2-6-11-21/h1-6,8-15,23,28H,7,16-18H2,(H4,25,26,27). The van der Waals surface area contributed by atoms with Crippen molar-refractivity contribution in [1.82, 2.24) is 5.32 Å². The Hall–Kier alpha value is -3.31. The number of guanidine groups is 1. The van der Waals surface area contributed by atoms with E-state index < -0.39 is 0 Å². The summed E-state index contributed by atoms with van der Waals surface area (Å²) in [5.74, 6) is 0.965. The summed E-state index contributed by atoms with van der Waals surface area (Å²) in [7, 11) is 0. The van der Waals surface area contributed by atoms with Gasteiger partial charge in [-0.25, -0.2) is 0 Å². The molecule has 0 aliphatic rings. The smallest absolute Gasteiger partial charge is 0.185 e. The molecule has 0 amide bonds. The van der Waals surface area contributed by atoms with Gasteiger partial charge in [-0.2, -0.15) is 0 Å². The average Bonchev–Trinajstić information content (AvgIpc) is 2.76. The fourth-order valence-electron chi connectivity index (χ4n) is 3.11. The van der Waals surface area contributed by atoms with Crippen LogP contribution in [0.1, 0.15) is 29.2 Å². The van der Waals surface area contributed by atoms with Gasteiger partial charge < -0.3 is 21.5 Å². The monoisotopic (exact) mass is 388 g/mol. The number of nitrogens with two attached hydrogens (primary N) is 2. The van der Waals surface area contributed by atoms with Gasteiger partial charge in [-0.1, -0.05) is 72.8 Å². The third kappa shape index (κ3) is 6.66. The fourth-order valence-corrected chi connectivity index (χ4v) is 3.11. The quantitative estimate of drug-likeness (QED) is 0.281.